The Morgan fingerprint density at radius 2 is 1.83 bits per heavy atom. The van der Waals surface area contributed by atoms with Gasteiger partial charge in [-0.2, -0.15) is 0 Å². The predicted molar refractivity (Wildman–Crippen MR) is 125 cm³/mol. The maximum Gasteiger partial charge on any atom is 0.302 e. The van der Waals surface area contributed by atoms with E-state index in [0.29, 0.717) is 18.9 Å². The highest BCUT2D eigenvalue weighted by Gasteiger charge is 2.84. The van der Waals surface area contributed by atoms with Gasteiger partial charge >= 0.3 is 11.9 Å². The Balaban J connectivity index is 1.57. The smallest absolute Gasteiger partial charge is 0.302 e. The van der Waals surface area contributed by atoms with Crippen molar-refractivity contribution in [2.45, 2.75) is 82.8 Å². The standard InChI is InChI=1S/C27H41NO7/c1-6-28-12-25(13-32-4)8-7-21(34-14(2)29)27-17-9-16-19(33-5)11-26(31,18(24(27)28)10-20(25)27)22(17)23(16)35-15(3)30/h16-24,31H,6-13H2,1-5H3/t16-,17-,18+,19+,20-,21+,22-,23+,24-,25+,26+,27-/m1/s1. The fourth-order valence-corrected chi connectivity index (χ4v) is 11.0. The molecule has 0 unspecified atom stereocenters. The van der Waals surface area contributed by atoms with Crippen LogP contribution < -0.4 is 0 Å². The lowest BCUT2D eigenvalue weighted by atomic mass is 9.43. The first-order valence-corrected chi connectivity index (χ1v) is 13.5. The Labute approximate surface area is 208 Å². The SMILES string of the molecule is CCN1C[C@]2(COC)CC[C@H](OC(C)=O)[C@@]34[C@@H]5C[C@H]6[C@H](OC(C)=O)[C@@H]5[C@](O)(C[C@@H]6OC)[C@@H](C[C@H]23)[C@@H]14. The van der Waals surface area contributed by atoms with Crippen LogP contribution in [-0.4, -0.2) is 85.8 Å². The molecule has 1 N–H and O–H groups in total. The van der Waals surface area contributed by atoms with Gasteiger partial charge in [0.05, 0.1) is 18.3 Å². The van der Waals surface area contributed by atoms with E-state index in [9.17, 15) is 14.7 Å². The lowest BCUT2D eigenvalue weighted by Gasteiger charge is -2.69. The van der Waals surface area contributed by atoms with Gasteiger partial charge in [-0.15, -0.1) is 0 Å². The van der Waals surface area contributed by atoms with Crippen LogP contribution in [-0.2, 0) is 28.5 Å². The Morgan fingerprint density at radius 1 is 1.09 bits per heavy atom. The molecule has 6 fully saturated rings. The van der Waals surface area contributed by atoms with Crippen LogP contribution in [0, 0.1) is 40.4 Å². The van der Waals surface area contributed by atoms with Gasteiger partial charge in [0.25, 0.3) is 0 Å². The first-order chi connectivity index (χ1) is 16.7. The van der Waals surface area contributed by atoms with E-state index in [4.69, 9.17) is 18.9 Å². The van der Waals surface area contributed by atoms with E-state index in [0.717, 1.165) is 38.8 Å². The maximum absolute atomic E-state index is 12.7. The van der Waals surface area contributed by atoms with Gasteiger partial charge < -0.3 is 24.1 Å². The summed E-state index contributed by atoms with van der Waals surface area (Å²) in [7, 11) is 3.50. The highest BCUT2D eigenvalue weighted by Crippen LogP contribution is 2.79. The van der Waals surface area contributed by atoms with Gasteiger partial charge in [-0.3, -0.25) is 14.5 Å². The van der Waals surface area contributed by atoms with Crippen molar-refractivity contribution in [1.82, 2.24) is 4.90 Å². The van der Waals surface area contributed by atoms with Gasteiger partial charge in [-0.05, 0) is 44.1 Å². The summed E-state index contributed by atoms with van der Waals surface area (Å²) < 4.78 is 24.1. The van der Waals surface area contributed by atoms with E-state index in [1.165, 1.54) is 13.8 Å². The zero-order valence-corrected chi connectivity index (χ0v) is 21.7. The second-order valence-corrected chi connectivity index (χ2v) is 12.4. The van der Waals surface area contributed by atoms with Gasteiger partial charge in [-0.1, -0.05) is 6.92 Å². The molecular weight excluding hydrogens is 450 g/mol. The molecule has 1 spiro atoms. The van der Waals surface area contributed by atoms with Crippen LogP contribution in [0.15, 0.2) is 0 Å². The largest absolute Gasteiger partial charge is 0.462 e. The zero-order chi connectivity index (χ0) is 24.9. The average molecular weight is 492 g/mol. The zero-order valence-electron chi connectivity index (χ0n) is 21.7. The third-order valence-electron chi connectivity index (χ3n) is 11.5. The van der Waals surface area contributed by atoms with Crippen molar-refractivity contribution < 1.29 is 33.6 Å². The molecule has 8 nitrogen and oxygen atoms in total. The van der Waals surface area contributed by atoms with E-state index >= 15 is 0 Å². The van der Waals surface area contributed by atoms with E-state index in [2.05, 4.69) is 11.8 Å². The lowest BCUT2D eigenvalue weighted by Crippen LogP contribution is -2.76. The summed E-state index contributed by atoms with van der Waals surface area (Å²) in [6.07, 6.45) is 3.33. The number of piperidine rings is 1. The Bertz CT molecular complexity index is 912. The molecule has 0 aromatic rings. The van der Waals surface area contributed by atoms with Crippen molar-refractivity contribution in [2.75, 3.05) is 33.9 Å². The molecule has 0 amide bonds. The molecule has 1 saturated heterocycles. The molecule has 0 radical (unpaired) electrons. The van der Waals surface area contributed by atoms with Gasteiger partial charge in [-0.25, -0.2) is 0 Å². The molecule has 0 aromatic carbocycles. The third-order valence-corrected chi connectivity index (χ3v) is 11.5. The van der Waals surface area contributed by atoms with Gasteiger partial charge in [0, 0.05) is 75.7 Å². The van der Waals surface area contributed by atoms with E-state index < -0.39 is 5.60 Å². The number of esters is 2. The number of ether oxygens (including phenoxy) is 4. The Morgan fingerprint density at radius 3 is 2.46 bits per heavy atom. The molecule has 8 heteroatoms. The van der Waals surface area contributed by atoms with Crippen molar-refractivity contribution in [3.05, 3.63) is 0 Å². The molecule has 196 valence electrons. The molecular formula is C27H41NO7. The molecule has 6 rings (SSSR count). The van der Waals surface area contributed by atoms with Crippen molar-refractivity contribution in [2.24, 2.45) is 40.4 Å². The second-order valence-electron chi connectivity index (χ2n) is 12.4. The molecule has 1 heterocycles. The average Bonchev–Trinajstić information content (AvgIpc) is 3.24. The number of methoxy groups -OCH3 is 2. The van der Waals surface area contributed by atoms with Gasteiger partial charge in [0.1, 0.15) is 12.2 Å². The van der Waals surface area contributed by atoms with Crippen molar-refractivity contribution in [3.8, 4) is 0 Å². The normalized spacial score (nSPS) is 53.4. The molecule has 5 saturated carbocycles. The van der Waals surface area contributed by atoms with Crippen molar-refractivity contribution in [1.29, 1.82) is 0 Å². The molecule has 1 aliphatic heterocycles. The maximum atomic E-state index is 12.7. The summed E-state index contributed by atoms with van der Waals surface area (Å²) >= 11 is 0. The van der Waals surface area contributed by atoms with Gasteiger partial charge in [0.15, 0.2) is 0 Å². The quantitative estimate of drug-likeness (QED) is 0.564. The fourth-order valence-electron chi connectivity index (χ4n) is 11.0. The number of carbonyl (C=O) groups excluding carboxylic acids is 2. The molecule has 5 aliphatic carbocycles. The van der Waals surface area contributed by atoms with Crippen LogP contribution in [0.3, 0.4) is 0 Å². The number of hydrogen-bond donors (Lipinski definition) is 1. The van der Waals surface area contributed by atoms with Crippen LogP contribution in [0.5, 0.6) is 0 Å². The number of hydrogen-bond acceptors (Lipinski definition) is 8. The van der Waals surface area contributed by atoms with Crippen LogP contribution in [0.25, 0.3) is 0 Å². The Hall–Kier alpha value is -1.22. The molecule has 0 aromatic heterocycles. The van der Waals surface area contributed by atoms with E-state index in [-0.39, 0.29) is 70.8 Å². The topological polar surface area (TPSA) is 94.5 Å². The third kappa shape index (κ3) is 2.83. The van der Waals surface area contributed by atoms with E-state index in [1.807, 2.05) is 0 Å². The first-order valence-electron chi connectivity index (χ1n) is 13.5. The van der Waals surface area contributed by atoms with Crippen LogP contribution in [0.1, 0.15) is 52.9 Å². The minimum atomic E-state index is -0.983. The summed E-state index contributed by atoms with van der Waals surface area (Å²) in [5, 5.41) is 12.7. The molecule has 35 heavy (non-hydrogen) atoms. The monoisotopic (exact) mass is 491 g/mol. The molecule has 7 bridgehead atoms. The van der Waals surface area contributed by atoms with Crippen molar-refractivity contribution >= 4 is 11.9 Å². The lowest BCUT2D eigenvalue weighted by molar-refractivity contribution is -0.276. The summed E-state index contributed by atoms with van der Waals surface area (Å²) in [6.45, 7) is 7.69. The number of nitrogens with zero attached hydrogens (tertiary/aromatic N) is 1. The minimum absolute atomic E-state index is 0.0124. The van der Waals surface area contributed by atoms with Crippen LogP contribution in [0.2, 0.25) is 0 Å². The van der Waals surface area contributed by atoms with Gasteiger partial charge in [0.2, 0.25) is 0 Å². The highest BCUT2D eigenvalue weighted by atomic mass is 16.6. The van der Waals surface area contributed by atoms with Crippen LogP contribution >= 0.6 is 0 Å². The predicted octanol–water partition coefficient (Wildman–Crippen LogP) is 2.02. The Kier molecular flexibility index (Phi) is 5.44. The number of carbonyl (C=O) groups is 2. The summed E-state index contributed by atoms with van der Waals surface area (Å²) in [5.41, 5.74) is -1.30. The van der Waals surface area contributed by atoms with Crippen LogP contribution in [0.4, 0.5) is 0 Å². The second kappa shape index (κ2) is 7.89. The number of likely N-dealkylation sites (tertiary alicyclic amines) is 1. The number of aliphatic hydroxyl groups is 1. The minimum Gasteiger partial charge on any atom is -0.462 e. The number of fused-ring (bicyclic) bond motifs is 2. The summed E-state index contributed by atoms with van der Waals surface area (Å²) in [4.78, 5) is 27.2. The first kappa shape index (κ1) is 24.1. The summed E-state index contributed by atoms with van der Waals surface area (Å²) in [5.74, 6) is -0.268. The highest BCUT2D eigenvalue weighted by molar-refractivity contribution is 5.67. The molecule has 12 atom stereocenters. The summed E-state index contributed by atoms with van der Waals surface area (Å²) in [6, 6.07) is 0.130. The van der Waals surface area contributed by atoms with Crippen molar-refractivity contribution in [3.63, 3.8) is 0 Å². The van der Waals surface area contributed by atoms with E-state index in [1.54, 1.807) is 14.2 Å². The fraction of sp³-hybridized carbons (Fsp3) is 0.926. The number of rotatable bonds is 6. The molecule has 6 aliphatic rings.